The number of aromatic nitrogens is 3. The van der Waals surface area contributed by atoms with E-state index in [-0.39, 0.29) is 29.0 Å². The van der Waals surface area contributed by atoms with Crippen LogP contribution in [0.25, 0.3) is 20.8 Å². The van der Waals surface area contributed by atoms with Gasteiger partial charge in [-0.1, -0.05) is 12.1 Å². The lowest BCUT2D eigenvalue weighted by atomic mass is 10.1. The van der Waals surface area contributed by atoms with Gasteiger partial charge in [0, 0.05) is 36.8 Å². The summed E-state index contributed by atoms with van der Waals surface area (Å²) in [6.45, 7) is 2.86. The van der Waals surface area contributed by atoms with Gasteiger partial charge in [0.15, 0.2) is 16.7 Å². The Balaban J connectivity index is 1.25. The van der Waals surface area contributed by atoms with E-state index in [0.717, 1.165) is 27.3 Å². The number of thiocarbonyl (C=S) groups is 1. The average molecular weight is 550 g/mol. The van der Waals surface area contributed by atoms with Crippen LogP contribution in [0, 0.1) is 11.6 Å². The van der Waals surface area contributed by atoms with Gasteiger partial charge in [-0.25, -0.2) is 13.8 Å². The van der Waals surface area contributed by atoms with Crippen LogP contribution < -0.4 is 15.4 Å². The molecule has 3 aromatic heterocycles. The second kappa shape index (κ2) is 11.0. The molecule has 5 aromatic rings. The first kappa shape index (κ1) is 25.4. The second-order valence-electron chi connectivity index (χ2n) is 8.28. The molecule has 3 heterocycles. The number of benzene rings is 2. The zero-order chi connectivity index (χ0) is 26.6. The lowest BCUT2D eigenvalue weighted by Crippen LogP contribution is -2.35. The number of hydrogen-bond acceptors (Lipinski definition) is 6. The maximum Gasteiger partial charge on any atom is 0.230 e. The van der Waals surface area contributed by atoms with Gasteiger partial charge in [0.1, 0.15) is 11.6 Å². The zero-order valence-corrected chi connectivity index (χ0v) is 21.7. The molecule has 2 N–H and O–H groups in total. The topological polar surface area (TPSA) is 81.1 Å². The zero-order valence-electron chi connectivity index (χ0n) is 20.1. The van der Waals surface area contributed by atoms with E-state index in [1.54, 1.807) is 24.7 Å². The molecule has 1 amide bonds. The number of rotatable bonds is 7. The Morgan fingerprint density at radius 1 is 1.08 bits per heavy atom. The maximum atomic E-state index is 14.9. The SMILES string of the molecule is CCn1cnc(-c2cc3nccc(Oc4ccc(NC(=S)NC(=O)Cc5ccc(F)cc5)cc4F)c3s2)c1. The van der Waals surface area contributed by atoms with Crippen molar-refractivity contribution in [2.75, 3.05) is 5.32 Å². The van der Waals surface area contributed by atoms with Gasteiger partial charge in [0.25, 0.3) is 0 Å². The van der Waals surface area contributed by atoms with Crippen LogP contribution in [0.4, 0.5) is 14.5 Å². The molecule has 0 fully saturated rings. The number of carbonyl (C=O) groups is 1. The number of thiophene rings is 1. The normalized spacial score (nSPS) is 10.9. The number of nitrogens with zero attached hydrogens (tertiary/aromatic N) is 3. The number of fused-ring (bicyclic) bond motifs is 1. The van der Waals surface area contributed by atoms with Gasteiger partial charge in [-0.2, -0.15) is 0 Å². The molecule has 192 valence electrons. The van der Waals surface area contributed by atoms with E-state index in [1.165, 1.54) is 47.7 Å². The Bertz CT molecular complexity index is 1630. The lowest BCUT2D eigenvalue weighted by Gasteiger charge is -2.12. The minimum atomic E-state index is -0.612. The van der Waals surface area contributed by atoms with Gasteiger partial charge >= 0.3 is 0 Å². The molecule has 38 heavy (non-hydrogen) atoms. The van der Waals surface area contributed by atoms with E-state index in [2.05, 4.69) is 20.6 Å². The Morgan fingerprint density at radius 2 is 1.89 bits per heavy atom. The van der Waals surface area contributed by atoms with Crippen LogP contribution in [-0.4, -0.2) is 25.6 Å². The van der Waals surface area contributed by atoms with Crippen LogP contribution >= 0.6 is 23.6 Å². The minimum Gasteiger partial charge on any atom is -0.453 e. The smallest absolute Gasteiger partial charge is 0.230 e. The number of ether oxygens (including phenoxy) is 1. The van der Waals surface area contributed by atoms with E-state index in [0.29, 0.717) is 17.0 Å². The van der Waals surface area contributed by atoms with E-state index in [1.807, 2.05) is 23.8 Å². The molecule has 11 heteroatoms. The summed E-state index contributed by atoms with van der Waals surface area (Å²) in [5.74, 6) is -0.870. The number of anilines is 1. The number of amides is 1. The standard InChI is InChI=1S/C27H21F2N5O2S2/c1-2-34-14-21(31-15-34)24-13-20-26(38-24)23(9-10-30-20)36-22-8-7-18(12-19(22)29)32-27(37)33-25(35)11-16-3-5-17(28)6-4-16/h3-10,12-15H,2,11H2,1H3,(H2,32,33,35,37). The highest BCUT2D eigenvalue weighted by Crippen LogP contribution is 2.39. The van der Waals surface area contributed by atoms with Gasteiger partial charge in [-0.05, 0) is 55.0 Å². The summed E-state index contributed by atoms with van der Waals surface area (Å²) >= 11 is 6.64. The van der Waals surface area contributed by atoms with Gasteiger partial charge in [0.05, 0.1) is 33.5 Å². The number of pyridine rings is 1. The van der Waals surface area contributed by atoms with Crippen molar-refractivity contribution in [2.45, 2.75) is 19.9 Å². The molecular formula is C27H21F2N5O2S2. The van der Waals surface area contributed by atoms with E-state index >= 15 is 0 Å². The molecule has 0 radical (unpaired) electrons. The first-order valence-corrected chi connectivity index (χ1v) is 12.8. The monoisotopic (exact) mass is 549 g/mol. The van der Waals surface area contributed by atoms with Crippen molar-refractivity contribution < 1.29 is 18.3 Å². The quantitative estimate of drug-likeness (QED) is 0.232. The molecule has 0 unspecified atom stereocenters. The number of aryl methyl sites for hydroxylation is 1. The second-order valence-corrected chi connectivity index (χ2v) is 9.74. The first-order valence-electron chi connectivity index (χ1n) is 11.6. The van der Waals surface area contributed by atoms with Crippen molar-refractivity contribution in [3.8, 4) is 22.1 Å². The highest BCUT2D eigenvalue weighted by Gasteiger charge is 2.15. The summed E-state index contributed by atoms with van der Waals surface area (Å²) in [7, 11) is 0. The number of carbonyl (C=O) groups excluding carboxylic acids is 1. The van der Waals surface area contributed by atoms with Crippen molar-refractivity contribution in [3.63, 3.8) is 0 Å². The molecule has 7 nitrogen and oxygen atoms in total. The number of nitrogens with one attached hydrogen (secondary N) is 2. The van der Waals surface area contributed by atoms with Gasteiger partial charge in [-0.15, -0.1) is 11.3 Å². The van der Waals surface area contributed by atoms with Crippen molar-refractivity contribution in [3.05, 3.63) is 90.5 Å². The highest BCUT2D eigenvalue weighted by atomic mass is 32.1. The molecule has 0 bridgehead atoms. The number of imidazole rings is 1. The van der Waals surface area contributed by atoms with Crippen LogP contribution in [0.15, 0.2) is 73.3 Å². The molecule has 0 aliphatic carbocycles. The van der Waals surface area contributed by atoms with Crippen LogP contribution in [0.3, 0.4) is 0 Å². The molecule has 0 saturated heterocycles. The third kappa shape index (κ3) is 5.84. The fraction of sp³-hybridized carbons (Fsp3) is 0.111. The van der Waals surface area contributed by atoms with Crippen molar-refractivity contribution in [2.24, 2.45) is 0 Å². The summed E-state index contributed by atoms with van der Waals surface area (Å²) in [5.41, 5.74) is 2.54. The third-order valence-corrected chi connectivity index (χ3v) is 6.93. The van der Waals surface area contributed by atoms with Crippen molar-refractivity contribution >= 4 is 50.5 Å². The van der Waals surface area contributed by atoms with Gasteiger partial charge < -0.3 is 19.9 Å². The molecule has 2 aromatic carbocycles. The Labute approximate surface area is 226 Å². The fourth-order valence-electron chi connectivity index (χ4n) is 3.68. The lowest BCUT2D eigenvalue weighted by molar-refractivity contribution is -0.119. The van der Waals surface area contributed by atoms with Crippen molar-refractivity contribution in [1.29, 1.82) is 0 Å². The summed E-state index contributed by atoms with van der Waals surface area (Å²) in [6, 6.07) is 13.5. The molecule has 0 saturated carbocycles. The number of halogens is 2. The first-order chi connectivity index (χ1) is 18.4. The molecule has 0 atom stereocenters. The van der Waals surface area contributed by atoms with E-state index in [9.17, 15) is 13.6 Å². The molecule has 0 aliphatic rings. The number of hydrogen-bond donors (Lipinski definition) is 2. The largest absolute Gasteiger partial charge is 0.453 e. The minimum absolute atomic E-state index is 0.0117. The summed E-state index contributed by atoms with van der Waals surface area (Å²) in [4.78, 5) is 22.0. The van der Waals surface area contributed by atoms with Crippen LogP contribution in [0.1, 0.15) is 12.5 Å². The molecule has 0 spiro atoms. The molecule has 0 aliphatic heterocycles. The predicted molar refractivity (Wildman–Crippen MR) is 147 cm³/mol. The molecule has 5 rings (SSSR count). The van der Waals surface area contributed by atoms with Crippen LogP contribution in [0.5, 0.6) is 11.5 Å². The van der Waals surface area contributed by atoms with Gasteiger partial charge in [0.2, 0.25) is 5.91 Å². The molecular weight excluding hydrogens is 528 g/mol. The Hall–Kier alpha value is -4.22. The average Bonchev–Trinajstić information content (AvgIpc) is 3.54. The van der Waals surface area contributed by atoms with E-state index < -0.39 is 5.82 Å². The summed E-state index contributed by atoms with van der Waals surface area (Å²) in [5, 5.41) is 5.32. The predicted octanol–water partition coefficient (Wildman–Crippen LogP) is 6.31. The highest BCUT2D eigenvalue weighted by molar-refractivity contribution is 7.80. The Morgan fingerprint density at radius 3 is 2.63 bits per heavy atom. The maximum absolute atomic E-state index is 14.9. The van der Waals surface area contributed by atoms with Crippen LogP contribution in [-0.2, 0) is 17.8 Å². The van der Waals surface area contributed by atoms with Crippen molar-refractivity contribution in [1.82, 2.24) is 19.9 Å². The fourth-order valence-corrected chi connectivity index (χ4v) is 4.94. The van der Waals surface area contributed by atoms with E-state index in [4.69, 9.17) is 17.0 Å². The Kier molecular flexibility index (Phi) is 7.38. The van der Waals surface area contributed by atoms with Crippen LogP contribution in [0.2, 0.25) is 0 Å². The summed E-state index contributed by atoms with van der Waals surface area (Å²) in [6.07, 6.45) is 5.37. The summed E-state index contributed by atoms with van der Waals surface area (Å²) < 4.78 is 36.6. The third-order valence-electron chi connectivity index (χ3n) is 5.57. The van der Waals surface area contributed by atoms with Gasteiger partial charge in [-0.3, -0.25) is 9.78 Å².